The molecule has 1 N–H and O–H groups in total. The zero-order valence-electron chi connectivity index (χ0n) is 14.3. The number of anilines is 1. The summed E-state index contributed by atoms with van der Waals surface area (Å²) in [5.41, 5.74) is 3.17. The monoisotopic (exact) mass is 347 g/mol. The van der Waals surface area contributed by atoms with Crippen LogP contribution in [0.2, 0.25) is 0 Å². The molecule has 0 aliphatic carbocycles. The Morgan fingerprint density at radius 2 is 1.88 bits per heavy atom. The van der Waals surface area contributed by atoms with Crippen molar-refractivity contribution in [2.75, 3.05) is 25.2 Å². The number of nitrogens with zero attached hydrogens (tertiary/aromatic N) is 2. The molecule has 0 saturated heterocycles. The first-order valence-electron chi connectivity index (χ1n) is 7.49. The standard InChI is InChI=1S/C17H21N3O3S/c1-11-15(12(2)23-19-11)9-24-10-16(21)18-14-7-5-13(6-8-14)17(22)20(3)4/h5-8H,9-10H2,1-4H3,(H,18,21). The van der Waals surface area contributed by atoms with Crippen molar-refractivity contribution in [3.05, 3.63) is 46.8 Å². The Labute approximate surface area is 145 Å². The van der Waals surface area contributed by atoms with Gasteiger partial charge in [-0.3, -0.25) is 9.59 Å². The Morgan fingerprint density at radius 3 is 2.42 bits per heavy atom. The summed E-state index contributed by atoms with van der Waals surface area (Å²) in [6.45, 7) is 3.76. The number of carbonyl (C=O) groups excluding carboxylic acids is 2. The molecule has 0 aliphatic rings. The highest BCUT2D eigenvalue weighted by atomic mass is 32.2. The number of hydrogen-bond acceptors (Lipinski definition) is 5. The van der Waals surface area contributed by atoms with Crippen LogP contribution in [0, 0.1) is 13.8 Å². The van der Waals surface area contributed by atoms with Crippen molar-refractivity contribution in [3.8, 4) is 0 Å². The van der Waals surface area contributed by atoms with E-state index in [0.717, 1.165) is 17.0 Å². The first-order valence-corrected chi connectivity index (χ1v) is 8.65. The van der Waals surface area contributed by atoms with Gasteiger partial charge in [-0.15, -0.1) is 11.8 Å². The highest BCUT2D eigenvalue weighted by Crippen LogP contribution is 2.19. The van der Waals surface area contributed by atoms with Crippen LogP contribution in [0.1, 0.15) is 27.4 Å². The molecule has 2 amide bonds. The Balaban J connectivity index is 1.83. The summed E-state index contributed by atoms with van der Waals surface area (Å²) in [6, 6.07) is 6.87. The van der Waals surface area contributed by atoms with Gasteiger partial charge >= 0.3 is 0 Å². The van der Waals surface area contributed by atoms with E-state index in [2.05, 4.69) is 10.5 Å². The normalized spacial score (nSPS) is 10.5. The van der Waals surface area contributed by atoms with Gasteiger partial charge in [0.1, 0.15) is 5.76 Å². The number of benzene rings is 1. The van der Waals surface area contributed by atoms with Crippen LogP contribution in [0.25, 0.3) is 0 Å². The molecule has 0 radical (unpaired) electrons. The fraction of sp³-hybridized carbons (Fsp3) is 0.353. The van der Waals surface area contributed by atoms with Crippen molar-refractivity contribution < 1.29 is 14.1 Å². The summed E-state index contributed by atoms with van der Waals surface area (Å²) >= 11 is 1.51. The number of aromatic nitrogens is 1. The fourth-order valence-corrected chi connectivity index (χ4v) is 3.08. The molecule has 6 nitrogen and oxygen atoms in total. The van der Waals surface area contributed by atoms with E-state index in [0.29, 0.717) is 22.8 Å². The SMILES string of the molecule is Cc1noc(C)c1CSCC(=O)Nc1ccc(C(=O)N(C)C)cc1. The van der Waals surface area contributed by atoms with E-state index in [4.69, 9.17) is 4.52 Å². The molecule has 0 spiro atoms. The molecule has 0 unspecified atom stereocenters. The maximum absolute atomic E-state index is 12.0. The van der Waals surface area contributed by atoms with Gasteiger partial charge in [0.25, 0.3) is 5.91 Å². The van der Waals surface area contributed by atoms with Crippen LogP contribution < -0.4 is 5.32 Å². The fourth-order valence-electron chi connectivity index (χ4n) is 2.11. The van der Waals surface area contributed by atoms with Crippen LogP contribution in [0.4, 0.5) is 5.69 Å². The summed E-state index contributed by atoms with van der Waals surface area (Å²) in [4.78, 5) is 25.3. The quantitative estimate of drug-likeness (QED) is 0.869. The molecular weight excluding hydrogens is 326 g/mol. The Bertz CT molecular complexity index is 704. The largest absolute Gasteiger partial charge is 0.361 e. The molecule has 0 atom stereocenters. The van der Waals surface area contributed by atoms with E-state index in [1.807, 2.05) is 13.8 Å². The van der Waals surface area contributed by atoms with Crippen molar-refractivity contribution in [1.29, 1.82) is 0 Å². The third kappa shape index (κ3) is 4.61. The molecule has 2 rings (SSSR count). The maximum Gasteiger partial charge on any atom is 0.253 e. The van der Waals surface area contributed by atoms with E-state index in [1.54, 1.807) is 38.4 Å². The van der Waals surface area contributed by atoms with E-state index in [-0.39, 0.29) is 11.8 Å². The summed E-state index contributed by atoms with van der Waals surface area (Å²) in [7, 11) is 3.41. The second-order valence-corrected chi connectivity index (χ2v) is 6.61. The first-order chi connectivity index (χ1) is 11.4. The molecule has 0 aliphatic heterocycles. The van der Waals surface area contributed by atoms with Crippen molar-refractivity contribution in [1.82, 2.24) is 10.1 Å². The Hall–Kier alpha value is -2.28. The van der Waals surface area contributed by atoms with E-state index in [9.17, 15) is 9.59 Å². The van der Waals surface area contributed by atoms with Gasteiger partial charge in [-0.1, -0.05) is 5.16 Å². The molecule has 0 bridgehead atoms. The second kappa shape index (κ2) is 8.01. The molecule has 0 saturated carbocycles. The van der Waals surface area contributed by atoms with Crippen LogP contribution in [0.5, 0.6) is 0 Å². The summed E-state index contributed by atoms with van der Waals surface area (Å²) < 4.78 is 5.10. The number of hydrogen-bond donors (Lipinski definition) is 1. The van der Waals surface area contributed by atoms with Crippen molar-refractivity contribution in [2.45, 2.75) is 19.6 Å². The molecule has 7 heteroatoms. The van der Waals surface area contributed by atoms with Crippen LogP contribution in [-0.2, 0) is 10.5 Å². The number of nitrogens with one attached hydrogen (secondary N) is 1. The molecule has 0 fully saturated rings. The van der Waals surface area contributed by atoms with Crippen LogP contribution in [-0.4, -0.2) is 41.7 Å². The van der Waals surface area contributed by atoms with Gasteiger partial charge in [0.15, 0.2) is 0 Å². The van der Waals surface area contributed by atoms with E-state index >= 15 is 0 Å². The summed E-state index contributed by atoms with van der Waals surface area (Å²) in [5, 5.41) is 6.72. The maximum atomic E-state index is 12.0. The smallest absolute Gasteiger partial charge is 0.253 e. The van der Waals surface area contributed by atoms with Crippen LogP contribution >= 0.6 is 11.8 Å². The molecule has 2 aromatic rings. The van der Waals surface area contributed by atoms with Gasteiger partial charge in [-0.25, -0.2) is 0 Å². The minimum atomic E-state index is -0.0848. The van der Waals surface area contributed by atoms with Gasteiger partial charge < -0.3 is 14.7 Å². The first kappa shape index (κ1) is 18.1. The van der Waals surface area contributed by atoms with E-state index in [1.165, 1.54) is 16.7 Å². The molecule has 128 valence electrons. The van der Waals surface area contributed by atoms with Crippen molar-refractivity contribution in [3.63, 3.8) is 0 Å². The van der Waals surface area contributed by atoms with Gasteiger partial charge in [0.05, 0.1) is 11.4 Å². The summed E-state index contributed by atoms with van der Waals surface area (Å²) in [6.07, 6.45) is 0. The van der Waals surface area contributed by atoms with Gasteiger partial charge in [0.2, 0.25) is 5.91 Å². The van der Waals surface area contributed by atoms with Gasteiger partial charge in [-0.2, -0.15) is 0 Å². The van der Waals surface area contributed by atoms with Crippen molar-refractivity contribution in [2.24, 2.45) is 0 Å². The molecular formula is C17H21N3O3S. The lowest BCUT2D eigenvalue weighted by molar-refractivity contribution is -0.113. The second-order valence-electron chi connectivity index (χ2n) is 5.62. The topological polar surface area (TPSA) is 75.4 Å². The molecule has 24 heavy (non-hydrogen) atoms. The van der Waals surface area contributed by atoms with Gasteiger partial charge in [0, 0.05) is 36.7 Å². The molecule has 1 aromatic heterocycles. The molecule has 1 aromatic carbocycles. The minimum absolute atomic E-state index is 0.0668. The van der Waals surface area contributed by atoms with Crippen LogP contribution in [0.3, 0.4) is 0 Å². The van der Waals surface area contributed by atoms with Crippen LogP contribution in [0.15, 0.2) is 28.8 Å². The lowest BCUT2D eigenvalue weighted by Crippen LogP contribution is -2.21. The third-order valence-electron chi connectivity index (χ3n) is 3.48. The average Bonchev–Trinajstić information content (AvgIpc) is 2.86. The Morgan fingerprint density at radius 1 is 1.21 bits per heavy atom. The predicted octanol–water partition coefficient (Wildman–Crippen LogP) is 2.87. The highest BCUT2D eigenvalue weighted by molar-refractivity contribution is 7.99. The number of thioether (sulfide) groups is 1. The van der Waals surface area contributed by atoms with Gasteiger partial charge in [-0.05, 0) is 38.1 Å². The number of rotatable bonds is 6. The summed E-state index contributed by atoms with van der Waals surface area (Å²) in [5.74, 6) is 1.66. The zero-order valence-corrected chi connectivity index (χ0v) is 15.1. The zero-order chi connectivity index (χ0) is 17.7. The molecule has 1 heterocycles. The average molecular weight is 347 g/mol. The van der Waals surface area contributed by atoms with E-state index < -0.39 is 0 Å². The number of carbonyl (C=O) groups is 2. The minimum Gasteiger partial charge on any atom is -0.361 e. The lowest BCUT2D eigenvalue weighted by Gasteiger charge is -2.11. The Kier molecular flexibility index (Phi) is 6.03. The van der Waals surface area contributed by atoms with Crippen molar-refractivity contribution >= 4 is 29.3 Å². The predicted molar refractivity (Wildman–Crippen MR) is 95.2 cm³/mol. The number of aryl methyl sites for hydroxylation is 2. The highest BCUT2D eigenvalue weighted by Gasteiger charge is 2.11. The lowest BCUT2D eigenvalue weighted by atomic mass is 10.2. The number of amides is 2. The third-order valence-corrected chi connectivity index (χ3v) is 4.44.